The molecule has 0 aromatic heterocycles. The SMILES string of the molecule is CC[C@H](C)[C@H](NC(=O)[C@H](CC(C)C)NC(=O)OC(C)(C)C)C(=O)N1CCC[C@H]1C(=O)O. The lowest BCUT2D eigenvalue weighted by atomic mass is 9.96. The molecule has 3 N–H and O–H groups in total. The summed E-state index contributed by atoms with van der Waals surface area (Å²) in [5.74, 6) is -2.01. The van der Waals surface area contributed by atoms with Crippen LogP contribution in [0, 0.1) is 11.8 Å². The average molecular weight is 442 g/mol. The van der Waals surface area contributed by atoms with Gasteiger partial charge < -0.3 is 25.4 Å². The summed E-state index contributed by atoms with van der Waals surface area (Å²) in [6, 6.07) is -2.61. The molecule has 3 amide bonds. The third-order valence-corrected chi connectivity index (χ3v) is 5.31. The smallest absolute Gasteiger partial charge is 0.408 e. The molecule has 0 spiro atoms. The summed E-state index contributed by atoms with van der Waals surface area (Å²) < 4.78 is 5.27. The molecule has 1 aliphatic heterocycles. The normalized spacial score (nSPS) is 19.5. The van der Waals surface area contributed by atoms with Gasteiger partial charge in [0, 0.05) is 6.54 Å². The molecule has 9 heteroatoms. The Hall–Kier alpha value is -2.32. The first kappa shape index (κ1) is 26.7. The number of carboxylic acid groups (broad SMARTS) is 1. The fourth-order valence-corrected chi connectivity index (χ4v) is 3.56. The van der Waals surface area contributed by atoms with Gasteiger partial charge in [0.15, 0.2) is 0 Å². The summed E-state index contributed by atoms with van der Waals surface area (Å²) >= 11 is 0. The Morgan fingerprint density at radius 2 is 1.74 bits per heavy atom. The Kier molecular flexibility index (Phi) is 9.77. The molecular formula is C22H39N3O6. The summed E-state index contributed by atoms with van der Waals surface area (Å²) in [6.07, 6.45) is 1.30. The molecule has 31 heavy (non-hydrogen) atoms. The molecule has 9 nitrogen and oxygen atoms in total. The fraction of sp³-hybridized carbons (Fsp3) is 0.818. The molecule has 1 aliphatic rings. The van der Waals surface area contributed by atoms with E-state index in [2.05, 4.69) is 10.6 Å². The van der Waals surface area contributed by atoms with Crippen molar-refractivity contribution in [3.63, 3.8) is 0 Å². The highest BCUT2D eigenvalue weighted by Gasteiger charge is 2.40. The van der Waals surface area contributed by atoms with Gasteiger partial charge in [-0.3, -0.25) is 9.59 Å². The van der Waals surface area contributed by atoms with E-state index < -0.39 is 47.6 Å². The number of carboxylic acids is 1. The molecule has 0 bridgehead atoms. The molecule has 178 valence electrons. The topological polar surface area (TPSA) is 125 Å². The monoisotopic (exact) mass is 441 g/mol. The number of amides is 3. The van der Waals surface area contributed by atoms with E-state index in [1.165, 1.54) is 4.90 Å². The number of hydrogen-bond donors (Lipinski definition) is 3. The molecule has 0 aromatic carbocycles. The number of alkyl carbamates (subject to hydrolysis) is 1. The lowest BCUT2D eigenvalue weighted by Gasteiger charge is -2.32. The minimum atomic E-state index is -1.04. The van der Waals surface area contributed by atoms with Crippen LogP contribution in [0.3, 0.4) is 0 Å². The zero-order chi connectivity index (χ0) is 23.9. The number of likely N-dealkylation sites (tertiary alicyclic amines) is 1. The Morgan fingerprint density at radius 1 is 1.13 bits per heavy atom. The van der Waals surface area contributed by atoms with Crippen LogP contribution in [0.1, 0.15) is 74.1 Å². The second-order valence-corrected chi connectivity index (χ2v) is 9.73. The van der Waals surface area contributed by atoms with E-state index >= 15 is 0 Å². The molecule has 1 heterocycles. The maximum absolute atomic E-state index is 13.2. The Balaban J connectivity index is 3.01. The van der Waals surface area contributed by atoms with Crippen LogP contribution in [0.15, 0.2) is 0 Å². The van der Waals surface area contributed by atoms with Crippen LogP contribution < -0.4 is 10.6 Å². The molecule has 4 atom stereocenters. The summed E-state index contributed by atoms with van der Waals surface area (Å²) in [4.78, 5) is 51.4. The zero-order valence-electron chi connectivity index (χ0n) is 19.9. The van der Waals surface area contributed by atoms with Gasteiger partial charge >= 0.3 is 12.1 Å². The van der Waals surface area contributed by atoms with E-state index in [0.717, 1.165) is 0 Å². The van der Waals surface area contributed by atoms with Gasteiger partial charge in [-0.1, -0.05) is 34.1 Å². The van der Waals surface area contributed by atoms with Crippen molar-refractivity contribution in [1.82, 2.24) is 15.5 Å². The largest absolute Gasteiger partial charge is 0.480 e. The molecule has 1 saturated heterocycles. The molecule has 0 radical (unpaired) electrons. The lowest BCUT2D eigenvalue weighted by Crippen LogP contribution is -2.58. The van der Waals surface area contributed by atoms with Crippen LogP contribution in [-0.4, -0.2) is 64.2 Å². The Bertz CT molecular complexity index is 658. The van der Waals surface area contributed by atoms with E-state index in [1.54, 1.807) is 20.8 Å². The number of aliphatic carboxylic acids is 1. The maximum Gasteiger partial charge on any atom is 0.408 e. The van der Waals surface area contributed by atoms with Gasteiger partial charge in [0.1, 0.15) is 23.7 Å². The van der Waals surface area contributed by atoms with Gasteiger partial charge in [0.25, 0.3) is 0 Å². The van der Waals surface area contributed by atoms with Crippen molar-refractivity contribution in [2.45, 2.75) is 97.9 Å². The summed E-state index contributed by atoms with van der Waals surface area (Å²) in [6.45, 7) is 13.1. The average Bonchev–Trinajstić information content (AvgIpc) is 3.12. The predicted octanol–water partition coefficient (Wildman–Crippen LogP) is 2.53. The molecule has 0 unspecified atom stereocenters. The third kappa shape index (κ3) is 8.38. The van der Waals surface area contributed by atoms with E-state index in [0.29, 0.717) is 32.2 Å². The van der Waals surface area contributed by atoms with Crippen molar-refractivity contribution in [2.75, 3.05) is 6.54 Å². The van der Waals surface area contributed by atoms with Gasteiger partial charge in [0.2, 0.25) is 11.8 Å². The van der Waals surface area contributed by atoms with Gasteiger partial charge in [-0.05, 0) is 51.9 Å². The first-order valence-electron chi connectivity index (χ1n) is 11.1. The number of hydrogen-bond acceptors (Lipinski definition) is 5. The fourth-order valence-electron chi connectivity index (χ4n) is 3.56. The Labute approximate surface area is 185 Å². The second-order valence-electron chi connectivity index (χ2n) is 9.73. The lowest BCUT2D eigenvalue weighted by molar-refractivity contribution is -0.150. The number of nitrogens with one attached hydrogen (secondary N) is 2. The van der Waals surface area contributed by atoms with Crippen LogP contribution in [-0.2, 0) is 19.1 Å². The van der Waals surface area contributed by atoms with E-state index in [1.807, 2.05) is 27.7 Å². The molecule has 0 aromatic rings. The molecule has 1 fully saturated rings. The highest BCUT2D eigenvalue weighted by atomic mass is 16.6. The highest BCUT2D eigenvalue weighted by Crippen LogP contribution is 2.21. The van der Waals surface area contributed by atoms with Gasteiger partial charge in [-0.25, -0.2) is 9.59 Å². The van der Waals surface area contributed by atoms with Gasteiger partial charge in [0.05, 0.1) is 0 Å². The molecule has 0 saturated carbocycles. The van der Waals surface area contributed by atoms with Crippen LogP contribution in [0.5, 0.6) is 0 Å². The van der Waals surface area contributed by atoms with Crippen molar-refractivity contribution in [2.24, 2.45) is 11.8 Å². The molecular weight excluding hydrogens is 402 g/mol. The number of ether oxygens (including phenoxy) is 1. The Morgan fingerprint density at radius 3 is 2.23 bits per heavy atom. The third-order valence-electron chi connectivity index (χ3n) is 5.31. The summed E-state index contributed by atoms with van der Waals surface area (Å²) in [7, 11) is 0. The van der Waals surface area contributed by atoms with E-state index in [4.69, 9.17) is 4.74 Å². The molecule has 1 rings (SSSR count). The van der Waals surface area contributed by atoms with E-state index in [-0.39, 0.29) is 11.8 Å². The van der Waals surface area contributed by atoms with Crippen molar-refractivity contribution in [3.8, 4) is 0 Å². The van der Waals surface area contributed by atoms with Crippen LogP contribution in [0.2, 0.25) is 0 Å². The van der Waals surface area contributed by atoms with Crippen molar-refractivity contribution < 1.29 is 29.0 Å². The van der Waals surface area contributed by atoms with Crippen molar-refractivity contribution in [3.05, 3.63) is 0 Å². The summed E-state index contributed by atoms with van der Waals surface area (Å²) in [5.41, 5.74) is -0.709. The van der Waals surface area contributed by atoms with Crippen molar-refractivity contribution >= 4 is 23.9 Å². The zero-order valence-corrected chi connectivity index (χ0v) is 19.9. The maximum atomic E-state index is 13.2. The first-order chi connectivity index (χ1) is 14.3. The van der Waals surface area contributed by atoms with Crippen LogP contribution in [0.4, 0.5) is 4.79 Å². The predicted molar refractivity (Wildman–Crippen MR) is 116 cm³/mol. The van der Waals surface area contributed by atoms with E-state index in [9.17, 15) is 24.3 Å². The van der Waals surface area contributed by atoms with Crippen LogP contribution >= 0.6 is 0 Å². The minimum absolute atomic E-state index is 0.110. The quantitative estimate of drug-likeness (QED) is 0.505. The van der Waals surface area contributed by atoms with Gasteiger partial charge in [-0.2, -0.15) is 0 Å². The van der Waals surface area contributed by atoms with Crippen molar-refractivity contribution in [1.29, 1.82) is 0 Å². The minimum Gasteiger partial charge on any atom is -0.480 e. The number of nitrogens with zero attached hydrogens (tertiary/aromatic N) is 1. The van der Waals surface area contributed by atoms with Crippen LogP contribution in [0.25, 0.3) is 0 Å². The number of carbonyl (C=O) groups is 4. The second kappa shape index (κ2) is 11.3. The number of carbonyl (C=O) groups excluding carboxylic acids is 3. The molecule has 0 aliphatic carbocycles. The van der Waals surface area contributed by atoms with Gasteiger partial charge in [-0.15, -0.1) is 0 Å². The number of rotatable bonds is 9. The standard InChI is InChI=1S/C22H39N3O6/c1-8-14(4)17(19(27)25-11-9-10-16(25)20(28)29)24-18(26)15(12-13(2)3)23-21(30)31-22(5,6)7/h13-17H,8-12H2,1-7H3,(H,23,30)(H,24,26)(H,28,29)/t14-,15-,16-,17-/m0/s1. The summed E-state index contributed by atoms with van der Waals surface area (Å²) in [5, 5.41) is 14.8. The highest BCUT2D eigenvalue weighted by molar-refractivity contribution is 5.93. The first-order valence-corrected chi connectivity index (χ1v) is 11.1.